The highest BCUT2D eigenvalue weighted by molar-refractivity contribution is 6.50. The lowest BCUT2D eigenvalue weighted by atomic mass is 10.2. The summed E-state index contributed by atoms with van der Waals surface area (Å²) in [6.07, 6.45) is 2.77. The van der Waals surface area contributed by atoms with Crippen LogP contribution in [0.3, 0.4) is 0 Å². The molecule has 1 heterocycles. The fraction of sp³-hybridized carbons (Fsp3) is 0. The predicted molar refractivity (Wildman–Crippen MR) is 48.7 cm³/mol. The Kier molecular flexibility index (Phi) is 3.09. The number of allylic oxidation sites excluding steroid dienone is 1. The van der Waals surface area contributed by atoms with Gasteiger partial charge in [-0.3, -0.25) is 0 Å². The van der Waals surface area contributed by atoms with Crippen molar-refractivity contribution < 1.29 is 0 Å². The molecule has 0 atom stereocenters. The number of nitrogens with zero attached hydrogens (tertiary/aromatic N) is 2. The average Bonchev–Trinajstić information content (AvgIpc) is 2.05. The lowest BCUT2D eigenvalue weighted by Gasteiger charge is -1.97. The zero-order chi connectivity index (χ0) is 8.97. The molecule has 12 heavy (non-hydrogen) atoms. The second kappa shape index (κ2) is 4.10. The molecule has 0 aliphatic carbocycles. The van der Waals surface area contributed by atoms with Gasteiger partial charge in [0.25, 0.3) is 0 Å². The summed E-state index contributed by atoms with van der Waals surface area (Å²) in [5, 5.41) is 8.92. The highest BCUT2D eigenvalue weighted by atomic mass is 35.5. The quantitative estimate of drug-likeness (QED) is 0.515. The molecule has 0 N–H and O–H groups in total. The van der Waals surface area contributed by atoms with E-state index in [1.165, 1.54) is 6.08 Å². The van der Waals surface area contributed by atoms with Crippen molar-refractivity contribution in [2.24, 2.45) is 0 Å². The number of halogens is 2. The van der Waals surface area contributed by atoms with Crippen molar-refractivity contribution in [2.45, 2.75) is 0 Å². The van der Waals surface area contributed by atoms with Crippen LogP contribution in [-0.4, -0.2) is 4.98 Å². The molecule has 0 aliphatic rings. The summed E-state index contributed by atoms with van der Waals surface area (Å²) in [6, 6.07) is 5.22. The third-order valence-corrected chi connectivity index (χ3v) is 1.82. The van der Waals surface area contributed by atoms with Crippen molar-refractivity contribution in [1.29, 1.82) is 5.26 Å². The van der Waals surface area contributed by atoms with Gasteiger partial charge in [-0.2, -0.15) is 5.26 Å². The molecule has 1 aromatic heterocycles. The summed E-state index contributed by atoms with van der Waals surface area (Å²) in [4.78, 5) is 3.81. The Labute approximate surface area is 80.1 Å². The highest BCUT2D eigenvalue weighted by Crippen LogP contribution is 2.23. The number of nitriles is 1. The molecule has 1 rings (SSSR count). The molecule has 0 spiro atoms. The van der Waals surface area contributed by atoms with E-state index in [2.05, 4.69) is 4.98 Å². The Balaban J connectivity index is 3.13. The van der Waals surface area contributed by atoms with E-state index in [-0.39, 0.29) is 0 Å². The van der Waals surface area contributed by atoms with E-state index in [4.69, 9.17) is 28.5 Å². The van der Waals surface area contributed by atoms with Crippen molar-refractivity contribution in [3.63, 3.8) is 0 Å². The summed E-state index contributed by atoms with van der Waals surface area (Å²) < 4.78 is 0. The minimum absolute atomic E-state index is 0.300. The maximum Gasteiger partial charge on any atom is 0.137 e. The molecular weight excluding hydrogens is 195 g/mol. The molecule has 0 bridgehead atoms. The number of pyridine rings is 1. The van der Waals surface area contributed by atoms with Crippen LogP contribution in [0.15, 0.2) is 24.4 Å². The number of rotatable bonds is 1. The van der Waals surface area contributed by atoms with Crippen LogP contribution < -0.4 is 0 Å². The van der Waals surface area contributed by atoms with Crippen LogP contribution >= 0.6 is 23.2 Å². The van der Waals surface area contributed by atoms with Crippen LogP contribution in [0.4, 0.5) is 0 Å². The van der Waals surface area contributed by atoms with Crippen LogP contribution in [-0.2, 0) is 0 Å². The summed E-state index contributed by atoms with van der Waals surface area (Å²) in [5.74, 6) is 0. The summed E-state index contributed by atoms with van der Waals surface area (Å²) in [5.41, 5.74) is 0.572. The summed E-state index contributed by atoms with van der Waals surface area (Å²) in [7, 11) is 0. The lowest BCUT2D eigenvalue weighted by molar-refractivity contribution is 1.31. The second-order valence-corrected chi connectivity index (χ2v) is 2.73. The molecule has 0 aromatic carbocycles. The van der Waals surface area contributed by atoms with Crippen molar-refractivity contribution >= 4 is 28.2 Å². The minimum Gasteiger partial charge on any atom is -0.244 e. The fourth-order valence-corrected chi connectivity index (χ4v) is 1.17. The molecule has 60 valence electrons. The topological polar surface area (TPSA) is 36.7 Å². The van der Waals surface area contributed by atoms with E-state index in [9.17, 15) is 0 Å². The third-order valence-electron chi connectivity index (χ3n) is 1.21. The molecule has 0 radical (unpaired) electrons. The van der Waals surface area contributed by atoms with Crippen molar-refractivity contribution in [3.8, 4) is 6.07 Å². The molecule has 0 unspecified atom stereocenters. The zero-order valence-electron chi connectivity index (χ0n) is 5.96. The van der Waals surface area contributed by atoms with Gasteiger partial charge in [-0.05, 0) is 12.1 Å². The van der Waals surface area contributed by atoms with Gasteiger partial charge < -0.3 is 0 Å². The first-order valence-corrected chi connectivity index (χ1v) is 3.87. The Bertz CT molecular complexity index is 352. The second-order valence-electron chi connectivity index (χ2n) is 1.96. The average molecular weight is 199 g/mol. The fourth-order valence-electron chi connectivity index (χ4n) is 0.699. The van der Waals surface area contributed by atoms with E-state index in [1.54, 1.807) is 18.3 Å². The molecule has 0 aliphatic heterocycles. The van der Waals surface area contributed by atoms with Gasteiger partial charge >= 0.3 is 0 Å². The van der Waals surface area contributed by atoms with Gasteiger partial charge in [0.1, 0.15) is 5.15 Å². The predicted octanol–water partition coefficient (Wildman–Crippen LogP) is 2.84. The van der Waals surface area contributed by atoms with Crippen LogP contribution in [0.5, 0.6) is 0 Å². The monoisotopic (exact) mass is 198 g/mol. The van der Waals surface area contributed by atoms with Crippen molar-refractivity contribution in [2.75, 3.05) is 0 Å². The van der Waals surface area contributed by atoms with Gasteiger partial charge in [-0.25, -0.2) is 4.98 Å². The Hall–Kier alpha value is -1.04. The third kappa shape index (κ3) is 1.97. The number of aromatic nitrogens is 1. The molecule has 0 fully saturated rings. The molecule has 0 saturated carbocycles. The minimum atomic E-state index is 0.300. The first-order chi connectivity index (χ1) is 5.75. The molecule has 1 aromatic rings. The SMILES string of the molecule is N#CC=C(Cl)c1cccnc1Cl. The Morgan fingerprint density at radius 1 is 1.67 bits per heavy atom. The van der Waals surface area contributed by atoms with Gasteiger partial charge in [-0.15, -0.1) is 0 Å². The van der Waals surface area contributed by atoms with Crippen LogP contribution in [0.1, 0.15) is 5.56 Å². The maximum absolute atomic E-state index is 8.31. The van der Waals surface area contributed by atoms with E-state index in [0.29, 0.717) is 15.7 Å². The summed E-state index contributed by atoms with van der Waals surface area (Å²) in [6.45, 7) is 0. The summed E-state index contributed by atoms with van der Waals surface area (Å²) >= 11 is 11.4. The van der Waals surface area contributed by atoms with Crippen LogP contribution in [0, 0.1) is 11.3 Å². The molecule has 0 amide bonds. The maximum atomic E-state index is 8.31. The largest absolute Gasteiger partial charge is 0.244 e. The van der Waals surface area contributed by atoms with Crippen molar-refractivity contribution in [3.05, 3.63) is 35.1 Å². The standard InChI is InChI=1S/C8H4Cl2N2/c9-7(3-4-11)6-2-1-5-12-8(6)10/h1-3,5H. The first-order valence-electron chi connectivity index (χ1n) is 3.12. The van der Waals surface area contributed by atoms with Gasteiger partial charge in [-0.1, -0.05) is 23.2 Å². The zero-order valence-corrected chi connectivity index (χ0v) is 7.47. The number of hydrogen-bond donors (Lipinski definition) is 0. The van der Waals surface area contributed by atoms with Gasteiger partial charge in [0.05, 0.1) is 11.1 Å². The van der Waals surface area contributed by atoms with E-state index in [0.717, 1.165) is 0 Å². The first kappa shape index (κ1) is 9.05. The van der Waals surface area contributed by atoms with E-state index >= 15 is 0 Å². The van der Waals surface area contributed by atoms with Gasteiger partial charge in [0, 0.05) is 17.8 Å². The van der Waals surface area contributed by atoms with E-state index in [1.807, 2.05) is 6.07 Å². The van der Waals surface area contributed by atoms with Crippen molar-refractivity contribution in [1.82, 2.24) is 4.98 Å². The lowest BCUT2D eigenvalue weighted by Crippen LogP contribution is -1.81. The van der Waals surface area contributed by atoms with Gasteiger partial charge in [0.2, 0.25) is 0 Å². The number of hydrogen-bond acceptors (Lipinski definition) is 2. The van der Waals surface area contributed by atoms with Crippen LogP contribution in [0.25, 0.3) is 5.03 Å². The van der Waals surface area contributed by atoms with E-state index < -0.39 is 0 Å². The molecule has 4 heteroatoms. The highest BCUT2D eigenvalue weighted by Gasteiger charge is 2.02. The van der Waals surface area contributed by atoms with Crippen LogP contribution in [0.2, 0.25) is 5.15 Å². The normalized spacial score (nSPS) is 10.9. The molecular formula is C8H4Cl2N2. The Morgan fingerprint density at radius 2 is 2.42 bits per heavy atom. The molecule has 2 nitrogen and oxygen atoms in total. The Morgan fingerprint density at radius 3 is 3.00 bits per heavy atom. The molecule has 0 saturated heterocycles. The van der Waals surface area contributed by atoms with Gasteiger partial charge in [0.15, 0.2) is 0 Å². The smallest absolute Gasteiger partial charge is 0.137 e.